The smallest absolute Gasteiger partial charge is 0.309 e. The van der Waals surface area contributed by atoms with Crippen LogP contribution in [0.3, 0.4) is 0 Å². The number of halogens is 1. The maximum Gasteiger partial charge on any atom is 0.309 e. The molecule has 1 saturated heterocycles. The molecule has 2 aliphatic rings. The predicted octanol–water partition coefficient (Wildman–Crippen LogP) is 4.87. The number of likely N-dealkylation sites (tertiary alicyclic amines) is 1. The lowest BCUT2D eigenvalue weighted by Crippen LogP contribution is -2.42. The summed E-state index contributed by atoms with van der Waals surface area (Å²) in [5, 5.41) is 10.4. The van der Waals surface area contributed by atoms with Crippen molar-refractivity contribution in [2.24, 2.45) is 5.92 Å². The topological polar surface area (TPSA) is 79.3 Å². The maximum atomic E-state index is 13.8. The minimum Gasteiger partial charge on any atom is -0.486 e. The predicted molar refractivity (Wildman–Crippen MR) is 138 cm³/mol. The van der Waals surface area contributed by atoms with Gasteiger partial charge >= 0.3 is 5.97 Å². The van der Waals surface area contributed by atoms with Crippen molar-refractivity contribution in [2.75, 3.05) is 39.4 Å². The molecule has 0 spiro atoms. The van der Waals surface area contributed by atoms with E-state index in [1.54, 1.807) is 12.1 Å². The van der Waals surface area contributed by atoms with Crippen LogP contribution in [0.1, 0.15) is 62.6 Å². The van der Waals surface area contributed by atoms with E-state index in [1.807, 2.05) is 28.0 Å². The normalized spacial score (nSPS) is 21.1. The summed E-state index contributed by atoms with van der Waals surface area (Å²) >= 11 is 0. The molecule has 1 amide bonds. The fourth-order valence-corrected chi connectivity index (χ4v) is 5.41. The van der Waals surface area contributed by atoms with Crippen LogP contribution in [0.25, 0.3) is 0 Å². The Morgan fingerprint density at radius 1 is 0.973 bits per heavy atom. The number of carboxylic acid groups (broad SMARTS) is 1. The van der Waals surface area contributed by atoms with Crippen LogP contribution < -0.4 is 9.47 Å². The number of amides is 1. The molecule has 0 bridgehead atoms. The highest BCUT2D eigenvalue weighted by Gasteiger charge is 2.48. The van der Waals surface area contributed by atoms with Gasteiger partial charge in [-0.05, 0) is 48.2 Å². The molecule has 2 heterocycles. The van der Waals surface area contributed by atoms with Gasteiger partial charge in [-0.3, -0.25) is 14.5 Å². The van der Waals surface area contributed by atoms with E-state index in [0.29, 0.717) is 49.9 Å². The van der Waals surface area contributed by atoms with Gasteiger partial charge in [0, 0.05) is 31.6 Å². The maximum absolute atomic E-state index is 13.8. The number of unbranched alkanes of at least 4 members (excludes halogenated alkanes) is 2. The van der Waals surface area contributed by atoms with Crippen molar-refractivity contribution in [3.05, 3.63) is 59.4 Å². The van der Waals surface area contributed by atoms with E-state index in [2.05, 4.69) is 13.8 Å². The van der Waals surface area contributed by atoms with Crippen molar-refractivity contribution in [1.29, 1.82) is 0 Å². The molecule has 7 nitrogen and oxygen atoms in total. The second-order valence-electron chi connectivity index (χ2n) is 9.89. The quantitative estimate of drug-likeness (QED) is 0.463. The van der Waals surface area contributed by atoms with E-state index in [1.165, 1.54) is 12.1 Å². The second kappa shape index (κ2) is 12.4. The molecule has 1 fully saturated rings. The molecule has 0 aromatic heterocycles. The first kappa shape index (κ1) is 26.9. The summed E-state index contributed by atoms with van der Waals surface area (Å²) in [4.78, 5) is 30.1. The summed E-state index contributed by atoms with van der Waals surface area (Å²) in [7, 11) is 0. The lowest BCUT2D eigenvalue weighted by molar-refractivity contribution is -0.144. The zero-order valence-electron chi connectivity index (χ0n) is 21.7. The van der Waals surface area contributed by atoms with Gasteiger partial charge in [-0.15, -0.1) is 0 Å². The van der Waals surface area contributed by atoms with E-state index in [9.17, 15) is 19.1 Å². The fraction of sp³-hybridized carbons (Fsp3) is 0.517. The average molecular weight is 513 g/mol. The Bertz CT molecular complexity index is 1070. The van der Waals surface area contributed by atoms with Crippen LogP contribution in [0.15, 0.2) is 42.5 Å². The van der Waals surface area contributed by atoms with Gasteiger partial charge in [-0.1, -0.05) is 44.9 Å². The van der Waals surface area contributed by atoms with E-state index in [0.717, 1.165) is 31.2 Å². The number of nitrogens with zero attached hydrogens (tertiary/aromatic N) is 2. The van der Waals surface area contributed by atoms with Gasteiger partial charge in [0.1, 0.15) is 19.0 Å². The molecule has 2 aliphatic heterocycles. The number of carboxylic acids is 1. The SMILES string of the molecule is CCCCN(CCCC)C(=O)CN1CC(c2ccc3c(c2)OCCO3)C(C(=O)O)C1c1ccc(F)cc1. The highest BCUT2D eigenvalue weighted by atomic mass is 19.1. The molecule has 2 aromatic rings. The number of hydrogen-bond donors (Lipinski definition) is 1. The van der Waals surface area contributed by atoms with Crippen LogP contribution in [-0.2, 0) is 9.59 Å². The first-order chi connectivity index (χ1) is 17.9. The van der Waals surface area contributed by atoms with Crippen molar-refractivity contribution < 1.29 is 28.6 Å². The van der Waals surface area contributed by atoms with E-state index >= 15 is 0 Å². The number of aliphatic carboxylic acids is 1. The van der Waals surface area contributed by atoms with Crippen LogP contribution in [0.5, 0.6) is 11.5 Å². The Kier molecular flexibility index (Phi) is 9.03. The van der Waals surface area contributed by atoms with Gasteiger partial charge in [0.25, 0.3) is 0 Å². The standard InChI is InChI=1S/C29H37FN2O5/c1-3-5-13-31(14-6-4-2)26(33)19-32-18-23(21-9-12-24-25(17-21)37-16-15-36-24)27(29(34)35)28(32)20-7-10-22(30)11-8-20/h7-12,17,23,27-28H,3-6,13-16,18-19H2,1-2H3,(H,34,35). The Morgan fingerprint density at radius 2 is 1.59 bits per heavy atom. The minimum atomic E-state index is -0.946. The highest BCUT2D eigenvalue weighted by molar-refractivity contribution is 5.79. The fourth-order valence-electron chi connectivity index (χ4n) is 5.41. The van der Waals surface area contributed by atoms with Crippen molar-refractivity contribution in [3.63, 3.8) is 0 Å². The number of ether oxygens (including phenoxy) is 2. The molecule has 2 aromatic carbocycles. The van der Waals surface area contributed by atoms with Gasteiger partial charge < -0.3 is 19.5 Å². The van der Waals surface area contributed by atoms with Crippen molar-refractivity contribution in [1.82, 2.24) is 9.80 Å². The zero-order valence-corrected chi connectivity index (χ0v) is 21.7. The Balaban J connectivity index is 1.67. The van der Waals surface area contributed by atoms with E-state index in [4.69, 9.17) is 9.47 Å². The van der Waals surface area contributed by atoms with E-state index in [-0.39, 0.29) is 24.2 Å². The lowest BCUT2D eigenvalue weighted by atomic mass is 9.82. The second-order valence-corrected chi connectivity index (χ2v) is 9.89. The lowest BCUT2D eigenvalue weighted by Gasteiger charge is -2.30. The van der Waals surface area contributed by atoms with Crippen LogP contribution in [0, 0.1) is 11.7 Å². The summed E-state index contributed by atoms with van der Waals surface area (Å²) in [6.07, 6.45) is 3.83. The molecular weight excluding hydrogens is 475 g/mol. The third kappa shape index (κ3) is 6.24. The van der Waals surface area contributed by atoms with Gasteiger partial charge in [-0.2, -0.15) is 0 Å². The monoisotopic (exact) mass is 512 g/mol. The molecule has 4 rings (SSSR count). The van der Waals surface area contributed by atoms with Crippen molar-refractivity contribution in [3.8, 4) is 11.5 Å². The number of carbonyl (C=O) groups excluding carboxylic acids is 1. The Hall–Kier alpha value is -3.13. The number of carbonyl (C=O) groups is 2. The van der Waals surface area contributed by atoms with Crippen molar-refractivity contribution in [2.45, 2.75) is 51.5 Å². The molecule has 200 valence electrons. The van der Waals surface area contributed by atoms with Crippen LogP contribution >= 0.6 is 0 Å². The van der Waals surface area contributed by atoms with Gasteiger partial charge in [0.15, 0.2) is 11.5 Å². The molecule has 0 saturated carbocycles. The summed E-state index contributed by atoms with van der Waals surface area (Å²) in [6, 6.07) is 10.9. The zero-order chi connectivity index (χ0) is 26.4. The molecule has 3 atom stereocenters. The van der Waals surface area contributed by atoms with Crippen molar-refractivity contribution >= 4 is 11.9 Å². The third-order valence-electron chi connectivity index (χ3n) is 7.34. The van der Waals surface area contributed by atoms with Crippen LogP contribution in [0.4, 0.5) is 4.39 Å². The molecular formula is C29H37FN2O5. The van der Waals surface area contributed by atoms with E-state index < -0.39 is 17.9 Å². The Labute approximate surface area is 218 Å². The van der Waals surface area contributed by atoms with Crippen LogP contribution in [0.2, 0.25) is 0 Å². The molecule has 0 radical (unpaired) electrons. The van der Waals surface area contributed by atoms with Gasteiger partial charge in [0.2, 0.25) is 5.91 Å². The van der Waals surface area contributed by atoms with Gasteiger partial charge in [-0.25, -0.2) is 4.39 Å². The average Bonchev–Trinajstić information content (AvgIpc) is 3.28. The number of hydrogen-bond acceptors (Lipinski definition) is 5. The third-order valence-corrected chi connectivity index (χ3v) is 7.34. The number of rotatable bonds is 11. The molecule has 37 heavy (non-hydrogen) atoms. The molecule has 0 aliphatic carbocycles. The van der Waals surface area contributed by atoms with Crippen LogP contribution in [-0.4, -0.2) is 66.2 Å². The largest absolute Gasteiger partial charge is 0.486 e. The summed E-state index contributed by atoms with van der Waals surface area (Å²) in [6.45, 7) is 7.00. The highest BCUT2D eigenvalue weighted by Crippen LogP contribution is 2.47. The minimum absolute atomic E-state index is 0.000903. The summed E-state index contributed by atoms with van der Waals surface area (Å²) < 4.78 is 25.2. The summed E-state index contributed by atoms with van der Waals surface area (Å²) in [5.41, 5.74) is 1.52. The molecule has 8 heteroatoms. The Morgan fingerprint density at radius 3 is 2.22 bits per heavy atom. The summed E-state index contributed by atoms with van der Waals surface area (Å²) in [5.74, 6) is -1.28. The first-order valence-electron chi connectivity index (χ1n) is 13.3. The molecule has 3 unspecified atom stereocenters. The molecule has 1 N–H and O–H groups in total. The number of fused-ring (bicyclic) bond motifs is 1. The first-order valence-corrected chi connectivity index (χ1v) is 13.3. The van der Waals surface area contributed by atoms with Gasteiger partial charge in [0.05, 0.1) is 12.5 Å². The number of benzene rings is 2.